The predicted octanol–water partition coefficient (Wildman–Crippen LogP) is 3.07. The quantitative estimate of drug-likeness (QED) is 0.892. The Morgan fingerprint density at radius 2 is 1.71 bits per heavy atom. The van der Waals surface area contributed by atoms with Crippen molar-refractivity contribution in [1.29, 1.82) is 0 Å². The predicted molar refractivity (Wildman–Crippen MR) is 82.0 cm³/mol. The second-order valence-electron chi connectivity index (χ2n) is 5.71. The number of hydrogen-bond acceptors (Lipinski definition) is 5. The van der Waals surface area contributed by atoms with Gasteiger partial charge in [0, 0.05) is 12.1 Å². The highest BCUT2D eigenvalue weighted by Crippen LogP contribution is 2.35. The van der Waals surface area contributed by atoms with Crippen molar-refractivity contribution >= 4 is 11.8 Å². The topological polar surface area (TPSA) is 82.8 Å². The zero-order valence-electron chi connectivity index (χ0n) is 13.4. The fraction of sp³-hybridized carbons (Fsp3) is 0.533. The lowest BCUT2D eigenvalue weighted by Gasteiger charge is -2.22. The fourth-order valence-electron chi connectivity index (χ4n) is 1.79. The number of methoxy groups -OCH3 is 2. The molecule has 0 radical (unpaired) electrons. The zero-order chi connectivity index (χ0) is 16.2. The Balaban J connectivity index is 3.12. The lowest BCUT2D eigenvalue weighted by Crippen LogP contribution is -2.27. The van der Waals surface area contributed by atoms with E-state index in [4.69, 9.17) is 19.9 Å². The van der Waals surface area contributed by atoms with Crippen LogP contribution in [0.5, 0.6) is 11.5 Å². The summed E-state index contributed by atoms with van der Waals surface area (Å²) in [6.45, 7) is 7.22. The highest BCUT2D eigenvalue weighted by Gasteiger charge is 2.20. The molecule has 21 heavy (non-hydrogen) atoms. The van der Waals surface area contributed by atoms with E-state index in [0.717, 1.165) is 5.56 Å². The largest absolute Gasteiger partial charge is 0.493 e. The van der Waals surface area contributed by atoms with Gasteiger partial charge in [0.05, 0.1) is 19.9 Å². The summed E-state index contributed by atoms with van der Waals surface area (Å²) in [4.78, 5) is 11.9. The van der Waals surface area contributed by atoms with Crippen molar-refractivity contribution in [1.82, 2.24) is 0 Å². The molecule has 6 heteroatoms. The number of rotatable bonds is 4. The molecule has 1 rings (SSSR count). The second-order valence-corrected chi connectivity index (χ2v) is 5.71. The molecule has 0 aliphatic heterocycles. The van der Waals surface area contributed by atoms with Gasteiger partial charge in [0.1, 0.15) is 5.60 Å². The van der Waals surface area contributed by atoms with Crippen LogP contribution in [-0.2, 0) is 4.74 Å². The third-order valence-corrected chi connectivity index (χ3v) is 2.68. The molecule has 0 bridgehead atoms. The summed E-state index contributed by atoms with van der Waals surface area (Å²) in [6, 6.07) is 3.13. The van der Waals surface area contributed by atoms with E-state index in [1.165, 1.54) is 7.11 Å². The molecule has 1 aromatic rings. The van der Waals surface area contributed by atoms with E-state index in [9.17, 15) is 4.79 Å². The van der Waals surface area contributed by atoms with Crippen LogP contribution in [0.25, 0.3) is 0 Å². The summed E-state index contributed by atoms with van der Waals surface area (Å²) in [7, 11) is 3.07. The van der Waals surface area contributed by atoms with E-state index in [0.29, 0.717) is 17.2 Å². The van der Waals surface area contributed by atoms with Crippen molar-refractivity contribution < 1.29 is 19.0 Å². The van der Waals surface area contributed by atoms with Crippen molar-refractivity contribution in [2.24, 2.45) is 5.73 Å². The molecule has 0 fully saturated rings. The lowest BCUT2D eigenvalue weighted by molar-refractivity contribution is 0.0635. The Morgan fingerprint density at radius 3 is 2.14 bits per heavy atom. The molecule has 0 spiro atoms. The first-order chi connectivity index (χ1) is 9.67. The Morgan fingerprint density at radius 1 is 1.19 bits per heavy atom. The van der Waals surface area contributed by atoms with Crippen molar-refractivity contribution in [3.63, 3.8) is 0 Å². The van der Waals surface area contributed by atoms with Gasteiger partial charge in [-0.1, -0.05) is 0 Å². The molecule has 0 saturated heterocycles. The monoisotopic (exact) mass is 296 g/mol. The minimum atomic E-state index is -0.574. The summed E-state index contributed by atoms with van der Waals surface area (Å²) >= 11 is 0. The molecule has 1 atom stereocenters. The third kappa shape index (κ3) is 4.82. The summed E-state index contributed by atoms with van der Waals surface area (Å²) < 4.78 is 15.7. The summed E-state index contributed by atoms with van der Waals surface area (Å²) in [5.41, 5.74) is 6.64. The molecule has 118 valence electrons. The number of hydrogen-bond donors (Lipinski definition) is 2. The van der Waals surface area contributed by atoms with E-state index in [-0.39, 0.29) is 6.04 Å². The van der Waals surface area contributed by atoms with Crippen molar-refractivity contribution in [3.05, 3.63) is 17.7 Å². The van der Waals surface area contributed by atoms with Gasteiger partial charge < -0.3 is 19.9 Å². The van der Waals surface area contributed by atoms with Crippen LogP contribution in [0.15, 0.2) is 12.1 Å². The number of ether oxygens (including phenoxy) is 3. The Labute approximate surface area is 125 Å². The number of amides is 1. The molecule has 0 aliphatic carbocycles. The fourth-order valence-corrected chi connectivity index (χ4v) is 1.79. The number of carbonyl (C=O) groups excluding carboxylic acids is 1. The van der Waals surface area contributed by atoms with E-state index in [2.05, 4.69) is 5.32 Å². The zero-order valence-corrected chi connectivity index (χ0v) is 13.4. The van der Waals surface area contributed by atoms with Crippen LogP contribution < -0.4 is 20.5 Å². The number of benzene rings is 1. The van der Waals surface area contributed by atoms with Crippen molar-refractivity contribution in [3.8, 4) is 11.5 Å². The molecule has 1 amide bonds. The maximum absolute atomic E-state index is 11.9. The van der Waals surface area contributed by atoms with Gasteiger partial charge in [0.25, 0.3) is 0 Å². The molecular weight excluding hydrogens is 272 g/mol. The van der Waals surface area contributed by atoms with E-state index < -0.39 is 11.7 Å². The van der Waals surface area contributed by atoms with Crippen LogP contribution >= 0.6 is 0 Å². The van der Waals surface area contributed by atoms with Gasteiger partial charge in [-0.15, -0.1) is 0 Å². The summed E-state index contributed by atoms with van der Waals surface area (Å²) in [5, 5.41) is 2.70. The number of carbonyl (C=O) groups is 1. The third-order valence-electron chi connectivity index (χ3n) is 2.68. The smallest absolute Gasteiger partial charge is 0.412 e. The van der Waals surface area contributed by atoms with Gasteiger partial charge >= 0.3 is 6.09 Å². The van der Waals surface area contributed by atoms with Crippen molar-refractivity contribution in [2.75, 3.05) is 19.5 Å². The summed E-state index contributed by atoms with van der Waals surface area (Å²) in [6.07, 6.45) is -0.545. The normalized spacial score (nSPS) is 12.5. The molecule has 1 aromatic carbocycles. The second kappa shape index (κ2) is 6.67. The first kappa shape index (κ1) is 17.1. The van der Waals surface area contributed by atoms with Gasteiger partial charge in [0.15, 0.2) is 11.5 Å². The Bertz CT molecular complexity index is 507. The lowest BCUT2D eigenvalue weighted by atomic mass is 10.1. The highest BCUT2D eigenvalue weighted by atomic mass is 16.6. The maximum atomic E-state index is 11.9. The molecular formula is C15H24N2O4. The highest BCUT2D eigenvalue weighted by molar-refractivity contribution is 5.87. The van der Waals surface area contributed by atoms with Crippen LogP contribution in [0.3, 0.4) is 0 Å². The van der Waals surface area contributed by atoms with E-state index >= 15 is 0 Å². The number of nitrogens with two attached hydrogens (primary N) is 1. The summed E-state index contributed by atoms with van der Waals surface area (Å²) in [5.74, 6) is 1.06. The molecule has 0 unspecified atom stereocenters. The van der Waals surface area contributed by atoms with Gasteiger partial charge in [-0.25, -0.2) is 4.79 Å². The number of nitrogens with one attached hydrogen (secondary N) is 1. The first-order valence-electron chi connectivity index (χ1n) is 6.69. The average molecular weight is 296 g/mol. The van der Waals surface area contributed by atoms with Gasteiger partial charge in [0.2, 0.25) is 0 Å². The van der Waals surface area contributed by atoms with Crippen LogP contribution in [0.2, 0.25) is 0 Å². The minimum absolute atomic E-state index is 0.283. The molecule has 3 N–H and O–H groups in total. The van der Waals surface area contributed by atoms with Crippen LogP contribution in [-0.4, -0.2) is 25.9 Å². The standard InChI is InChI=1S/C15H24N2O4/c1-9(16)10-7-12(19-5)13(20-6)8-11(10)17-14(18)21-15(2,3)4/h7-9H,16H2,1-6H3,(H,17,18)/t9-/m0/s1. The SMILES string of the molecule is COc1cc(NC(=O)OC(C)(C)C)c([C@H](C)N)cc1OC. The van der Waals surface area contributed by atoms with Crippen LogP contribution in [0.1, 0.15) is 39.3 Å². The Kier molecular flexibility index (Phi) is 5.43. The van der Waals surface area contributed by atoms with E-state index in [1.807, 2.05) is 6.92 Å². The van der Waals surface area contributed by atoms with Crippen molar-refractivity contribution in [2.45, 2.75) is 39.3 Å². The average Bonchev–Trinajstić information content (AvgIpc) is 2.35. The molecule has 0 saturated carbocycles. The number of anilines is 1. The maximum Gasteiger partial charge on any atom is 0.412 e. The van der Waals surface area contributed by atoms with Gasteiger partial charge in [-0.3, -0.25) is 5.32 Å². The Hall–Kier alpha value is -1.95. The van der Waals surface area contributed by atoms with Crippen LogP contribution in [0.4, 0.5) is 10.5 Å². The van der Waals surface area contributed by atoms with E-state index in [1.54, 1.807) is 40.0 Å². The molecule has 0 aliphatic rings. The first-order valence-corrected chi connectivity index (χ1v) is 6.69. The van der Waals surface area contributed by atoms with Crippen LogP contribution in [0, 0.1) is 0 Å². The molecule has 0 heterocycles. The van der Waals surface area contributed by atoms with Gasteiger partial charge in [-0.2, -0.15) is 0 Å². The van der Waals surface area contributed by atoms with Gasteiger partial charge in [-0.05, 0) is 39.3 Å². The molecule has 0 aromatic heterocycles. The minimum Gasteiger partial charge on any atom is -0.493 e. The molecule has 6 nitrogen and oxygen atoms in total.